The van der Waals surface area contributed by atoms with E-state index in [4.69, 9.17) is 0 Å². The number of rotatable bonds is 3. The number of aromatic nitrogens is 1. The van der Waals surface area contributed by atoms with E-state index in [1.807, 2.05) is 0 Å². The van der Waals surface area contributed by atoms with Crippen molar-refractivity contribution in [1.29, 1.82) is 0 Å². The summed E-state index contributed by atoms with van der Waals surface area (Å²) in [4.78, 5) is 40.3. The third kappa shape index (κ3) is 2.70. The summed E-state index contributed by atoms with van der Waals surface area (Å²) in [5.41, 5.74) is 3.52. The lowest BCUT2D eigenvalue weighted by molar-refractivity contribution is -0.384. The number of anilines is 1. The topological polar surface area (TPSA) is 115 Å². The van der Waals surface area contributed by atoms with Crippen molar-refractivity contribution < 1.29 is 4.92 Å². The van der Waals surface area contributed by atoms with Gasteiger partial charge in [-0.05, 0) is 24.3 Å². The molecule has 4 aromatic carbocycles. The minimum atomic E-state index is -0.477. The molecule has 0 fully saturated rings. The van der Waals surface area contributed by atoms with Crippen LogP contribution in [-0.4, -0.2) is 9.91 Å². The Morgan fingerprint density at radius 3 is 2.10 bits per heavy atom. The van der Waals surface area contributed by atoms with Crippen molar-refractivity contribution in [3.63, 3.8) is 0 Å². The van der Waals surface area contributed by atoms with E-state index in [-0.39, 0.29) is 16.5 Å². The van der Waals surface area contributed by atoms with Gasteiger partial charge < -0.3 is 0 Å². The van der Waals surface area contributed by atoms with Crippen LogP contribution in [0, 0.1) is 10.1 Å². The van der Waals surface area contributed by atoms with E-state index in [2.05, 4.69) is 15.5 Å². The molecule has 144 valence electrons. The van der Waals surface area contributed by atoms with Crippen LogP contribution in [0.3, 0.4) is 0 Å². The Labute approximate surface area is 167 Å². The average molecular weight is 396 g/mol. The molecular formula is C22H12N4O4. The molecule has 0 radical (unpaired) electrons. The molecule has 0 atom stereocenters. The van der Waals surface area contributed by atoms with Crippen LogP contribution in [-0.2, 0) is 0 Å². The summed E-state index contributed by atoms with van der Waals surface area (Å²) >= 11 is 0. The molecule has 0 saturated carbocycles. The molecule has 0 aliphatic carbocycles. The summed E-state index contributed by atoms with van der Waals surface area (Å²) < 4.78 is 0. The minimum Gasteiger partial charge on any atom is -0.289 e. The van der Waals surface area contributed by atoms with Gasteiger partial charge in [0.1, 0.15) is 5.36 Å². The molecule has 0 bridgehead atoms. The van der Waals surface area contributed by atoms with Crippen molar-refractivity contribution in [1.82, 2.24) is 4.98 Å². The van der Waals surface area contributed by atoms with Crippen molar-refractivity contribution in [2.75, 3.05) is 5.43 Å². The predicted octanol–water partition coefficient (Wildman–Crippen LogP) is 2.97. The number of hydrogen-bond acceptors (Lipinski definition) is 7. The van der Waals surface area contributed by atoms with Gasteiger partial charge >= 0.3 is 0 Å². The molecule has 1 aromatic heterocycles. The number of nitro benzene ring substituents is 1. The molecule has 0 aliphatic heterocycles. The van der Waals surface area contributed by atoms with Gasteiger partial charge in [0.05, 0.1) is 22.3 Å². The molecule has 1 heterocycles. The maximum atomic E-state index is 12.9. The van der Waals surface area contributed by atoms with E-state index >= 15 is 0 Å². The zero-order chi connectivity index (χ0) is 20.8. The lowest BCUT2D eigenvalue weighted by Crippen LogP contribution is -2.13. The third-order valence-corrected chi connectivity index (χ3v) is 5.03. The van der Waals surface area contributed by atoms with Crippen LogP contribution >= 0.6 is 0 Å². The van der Waals surface area contributed by atoms with Crippen LogP contribution in [0.1, 0.15) is 0 Å². The quantitative estimate of drug-likeness (QED) is 0.285. The molecule has 5 aromatic rings. The average Bonchev–Trinajstić information content (AvgIpc) is 3.17. The van der Waals surface area contributed by atoms with E-state index in [0.717, 1.165) is 0 Å². The first-order valence-corrected chi connectivity index (χ1v) is 9.02. The Hall–Kier alpha value is -4.46. The minimum absolute atomic E-state index is 0.0175. The van der Waals surface area contributed by atoms with Crippen molar-refractivity contribution in [3.05, 3.63) is 103 Å². The summed E-state index contributed by atoms with van der Waals surface area (Å²) in [5.74, 6) is 0. The van der Waals surface area contributed by atoms with Crippen LogP contribution in [0.15, 0.2) is 81.6 Å². The van der Waals surface area contributed by atoms with E-state index in [1.54, 1.807) is 48.5 Å². The Balaban J connectivity index is 1.66. The van der Waals surface area contributed by atoms with Crippen molar-refractivity contribution in [2.45, 2.75) is 0 Å². The van der Waals surface area contributed by atoms with Gasteiger partial charge in [0.15, 0.2) is 10.9 Å². The molecular weight excluding hydrogens is 384 g/mol. The van der Waals surface area contributed by atoms with Gasteiger partial charge in [0.25, 0.3) is 5.69 Å². The predicted molar refractivity (Wildman–Crippen MR) is 114 cm³/mol. The van der Waals surface area contributed by atoms with E-state index in [9.17, 15) is 19.7 Å². The molecule has 30 heavy (non-hydrogen) atoms. The highest BCUT2D eigenvalue weighted by atomic mass is 16.6. The lowest BCUT2D eigenvalue weighted by atomic mass is 10.0. The van der Waals surface area contributed by atoms with Crippen LogP contribution in [0.5, 0.6) is 0 Å². The number of fused-ring (bicyclic) bond motifs is 3. The first kappa shape index (κ1) is 17.6. The summed E-state index contributed by atoms with van der Waals surface area (Å²) in [6.45, 7) is 0. The second-order valence-corrected chi connectivity index (χ2v) is 6.79. The zero-order valence-electron chi connectivity index (χ0n) is 15.3. The first-order chi connectivity index (χ1) is 14.5. The van der Waals surface area contributed by atoms with Crippen molar-refractivity contribution in [2.24, 2.45) is 5.10 Å². The molecule has 8 nitrogen and oxygen atoms in total. The third-order valence-electron chi connectivity index (χ3n) is 5.03. The summed E-state index contributed by atoms with van der Waals surface area (Å²) in [7, 11) is 0. The van der Waals surface area contributed by atoms with Gasteiger partial charge in [-0.1, -0.05) is 24.3 Å². The van der Waals surface area contributed by atoms with Gasteiger partial charge in [0.2, 0.25) is 0 Å². The summed E-state index contributed by atoms with van der Waals surface area (Å²) in [6, 6.07) is 15.8. The molecule has 0 saturated heterocycles. The fourth-order valence-electron chi connectivity index (χ4n) is 3.52. The molecule has 8 heteroatoms. The summed E-state index contributed by atoms with van der Waals surface area (Å²) in [6.07, 6.45) is 1.54. The van der Waals surface area contributed by atoms with Gasteiger partial charge in [-0.3, -0.25) is 30.1 Å². The number of hydrogen-bond donors (Lipinski definition) is 1. The SMILES string of the molecule is O=c1c2ccccc2c(=O)c2cc3/c(=N/Nc4ccc([N+](=O)[O-])cc4)cnc3cc12. The second-order valence-electron chi connectivity index (χ2n) is 6.79. The van der Waals surface area contributed by atoms with Gasteiger partial charge in [-0.2, -0.15) is 5.10 Å². The first-order valence-electron chi connectivity index (χ1n) is 9.02. The maximum absolute atomic E-state index is 12.9. The van der Waals surface area contributed by atoms with Crippen molar-refractivity contribution >= 4 is 43.8 Å². The van der Waals surface area contributed by atoms with Crippen LogP contribution in [0.2, 0.25) is 0 Å². The van der Waals surface area contributed by atoms with Gasteiger partial charge in [0, 0.05) is 39.1 Å². The smallest absolute Gasteiger partial charge is 0.269 e. The molecule has 0 amide bonds. The zero-order valence-corrected chi connectivity index (χ0v) is 15.3. The number of nitrogens with one attached hydrogen (secondary N) is 1. The van der Waals surface area contributed by atoms with E-state index < -0.39 is 4.92 Å². The maximum Gasteiger partial charge on any atom is 0.269 e. The Kier molecular flexibility index (Phi) is 3.85. The van der Waals surface area contributed by atoms with Crippen LogP contribution < -0.4 is 21.6 Å². The van der Waals surface area contributed by atoms with Crippen LogP contribution in [0.4, 0.5) is 11.4 Å². The number of nitrogens with zero attached hydrogens (tertiary/aromatic N) is 3. The number of benzene rings is 4. The number of non-ortho nitro benzene ring substituents is 1. The highest BCUT2D eigenvalue weighted by Crippen LogP contribution is 2.19. The lowest BCUT2D eigenvalue weighted by Gasteiger charge is -2.01. The molecule has 1 N–H and O–H groups in total. The highest BCUT2D eigenvalue weighted by molar-refractivity contribution is 6.03. The molecule has 0 aliphatic rings. The number of nitro groups is 1. The Morgan fingerprint density at radius 1 is 0.833 bits per heavy atom. The standard InChI is InChI=1S/C22H12N4O4/c27-21-14-3-1-2-4-15(14)22(28)17-10-19-18(9-16(17)21)20(11-23-19)25-24-12-5-7-13(8-6-12)26(29)30/h1-11,24H/b25-20+. The monoisotopic (exact) mass is 396 g/mol. The van der Waals surface area contributed by atoms with Gasteiger partial charge in [-0.15, -0.1) is 0 Å². The molecule has 0 unspecified atom stereocenters. The summed E-state index contributed by atoms with van der Waals surface area (Å²) in [5, 5.41) is 17.6. The second kappa shape index (κ2) is 6.56. The van der Waals surface area contributed by atoms with Gasteiger partial charge in [-0.25, -0.2) is 0 Å². The molecule has 0 spiro atoms. The fraction of sp³-hybridized carbons (Fsp3) is 0. The Morgan fingerprint density at radius 2 is 1.47 bits per heavy atom. The largest absolute Gasteiger partial charge is 0.289 e. The highest BCUT2D eigenvalue weighted by Gasteiger charge is 2.13. The fourth-order valence-corrected chi connectivity index (χ4v) is 3.52. The van der Waals surface area contributed by atoms with Crippen LogP contribution in [0.25, 0.3) is 32.4 Å². The molecule has 5 rings (SSSR count). The van der Waals surface area contributed by atoms with Crippen molar-refractivity contribution in [3.8, 4) is 0 Å². The van der Waals surface area contributed by atoms with E-state index in [1.165, 1.54) is 18.3 Å². The van der Waals surface area contributed by atoms with E-state index in [0.29, 0.717) is 43.5 Å². The Bertz CT molecular complexity index is 1630. The normalized spacial score (nSPS) is 12.1.